The van der Waals surface area contributed by atoms with E-state index in [1.165, 1.54) is 26.9 Å². The van der Waals surface area contributed by atoms with E-state index in [1.807, 2.05) is 29.2 Å². The summed E-state index contributed by atoms with van der Waals surface area (Å²) in [4.78, 5) is 29.9. The fourth-order valence-corrected chi connectivity index (χ4v) is 4.47. The van der Waals surface area contributed by atoms with Gasteiger partial charge < -0.3 is 28.7 Å². The minimum absolute atomic E-state index is 0.0429. The topological polar surface area (TPSA) is 77.5 Å². The molecule has 0 spiro atoms. The normalized spacial score (nSPS) is 15.2. The first-order valence-electron chi connectivity index (χ1n) is 11.2. The predicted molar refractivity (Wildman–Crippen MR) is 128 cm³/mol. The summed E-state index contributed by atoms with van der Waals surface area (Å²) in [7, 11) is 6.21. The molecule has 2 aromatic carbocycles. The van der Waals surface area contributed by atoms with Crippen LogP contribution in [0, 0.1) is 0 Å². The molecule has 1 aliphatic carbocycles. The molecule has 0 atom stereocenters. The van der Waals surface area contributed by atoms with Crippen molar-refractivity contribution in [2.75, 3.05) is 54.6 Å². The number of nitrogens with zero attached hydrogens (tertiary/aromatic N) is 2. The summed E-state index contributed by atoms with van der Waals surface area (Å²) in [5.74, 6) is 2.04. The van der Waals surface area contributed by atoms with Crippen molar-refractivity contribution in [2.24, 2.45) is 0 Å². The van der Waals surface area contributed by atoms with Gasteiger partial charge in [-0.2, -0.15) is 0 Å². The van der Waals surface area contributed by atoms with Crippen LogP contribution in [0.25, 0.3) is 6.08 Å². The molecule has 0 aromatic heterocycles. The Hall–Kier alpha value is -3.68. The van der Waals surface area contributed by atoms with Crippen molar-refractivity contribution in [3.05, 3.63) is 52.6 Å². The van der Waals surface area contributed by atoms with Crippen LogP contribution in [-0.2, 0) is 11.2 Å². The van der Waals surface area contributed by atoms with E-state index >= 15 is 0 Å². The summed E-state index contributed by atoms with van der Waals surface area (Å²) in [6.45, 7) is 1.90. The average Bonchev–Trinajstić information content (AvgIpc) is 2.90. The molecule has 1 fully saturated rings. The average molecular weight is 467 g/mol. The zero-order chi connectivity index (χ0) is 24.2. The quantitative estimate of drug-likeness (QED) is 0.651. The van der Waals surface area contributed by atoms with Crippen molar-refractivity contribution < 1.29 is 28.5 Å². The largest absolute Gasteiger partial charge is 0.497 e. The molecule has 8 heteroatoms. The highest BCUT2D eigenvalue weighted by Crippen LogP contribution is 2.38. The van der Waals surface area contributed by atoms with Gasteiger partial charge in [-0.15, -0.1) is 0 Å². The molecule has 0 radical (unpaired) electrons. The Kier molecular flexibility index (Phi) is 6.95. The van der Waals surface area contributed by atoms with Gasteiger partial charge in [0.2, 0.25) is 11.7 Å². The molecule has 1 heterocycles. The molecule has 4 rings (SSSR count). The molecule has 1 saturated heterocycles. The third kappa shape index (κ3) is 4.53. The van der Waals surface area contributed by atoms with Crippen LogP contribution in [-0.4, -0.2) is 76.2 Å². The Morgan fingerprint density at radius 2 is 1.35 bits per heavy atom. The lowest BCUT2D eigenvalue weighted by Gasteiger charge is -2.35. The van der Waals surface area contributed by atoms with Gasteiger partial charge in [0, 0.05) is 37.3 Å². The monoisotopic (exact) mass is 466 g/mol. The first kappa shape index (κ1) is 23.5. The number of aryl methyl sites for hydroxylation is 1. The second kappa shape index (κ2) is 10.1. The molecular weight excluding hydrogens is 436 g/mol. The number of hydrogen-bond acceptors (Lipinski definition) is 6. The summed E-state index contributed by atoms with van der Waals surface area (Å²) in [6, 6.07) is 9.24. The van der Waals surface area contributed by atoms with E-state index in [4.69, 9.17) is 18.9 Å². The van der Waals surface area contributed by atoms with Crippen molar-refractivity contribution in [3.63, 3.8) is 0 Å². The van der Waals surface area contributed by atoms with E-state index in [9.17, 15) is 9.59 Å². The van der Waals surface area contributed by atoms with Gasteiger partial charge in [-0.3, -0.25) is 9.59 Å². The van der Waals surface area contributed by atoms with Crippen LogP contribution in [0.4, 0.5) is 0 Å². The standard InChI is InChI=1S/C26H30N2O6/c1-31-21-8-7-17-13-19(6-5-18(17)14-21)25(29)27-9-11-28(12-10-27)26(30)20-15-22(32-2)24(34-4)23(16-20)33-3/h7-8,13-16H,5-6,9-12H2,1-4H3. The number of amides is 2. The minimum Gasteiger partial charge on any atom is -0.497 e. The maximum absolute atomic E-state index is 13.2. The van der Waals surface area contributed by atoms with Gasteiger partial charge in [0.15, 0.2) is 11.5 Å². The first-order chi connectivity index (χ1) is 16.5. The molecule has 1 aliphatic heterocycles. The van der Waals surface area contributed by atoms with Crippen molar-refractivity contribution in [1.29, 1.82) is 0 Å². The van der Waals surface area contributed by atoms with E-state index in [0.29, 0.717) is 55.4 Å². The van der Waals surface area contributed by atoms with Gasteiger partial charge >= 0.3 is 0 Å². The highest BCUT2D eigenvalue weighted by Gasteiger charge is 2.28. The van der Waals surface area contributed by atoms with Crippen LogP contribution in [0.2, 0.25) is 0 Å². The lowest BCUT2D eigenvalue weighted by molar-refractivity contribution is -0.128. The van der Waals surface area contributed by atoms with Crippen LogP contribution >= 0.6 is 0 Å². The first-order valence-corrected chi connectivity index (χ1v) is 11.2. The van der Waals surface area contributed by atoms with Gasteiger partial charge in [-0.05, 0) is 54.3 Å². The van der Waals surface area contributed by atoms with E-state index in [-0.39, 0.29) is 11.8 Å². The number of carbonyl (C=O) groups is 2. The van der Waals surface area contributed by atoms with Crippen molar-refractivity contribution in [2.45, 2.75) is 12.8 Å². The maximum atomic E-state index is 13.2. The number of piperazine rings is 1. The van der Waals surface area contributed by atoms with Gasteiger partial charge in [0.05, 0.1) is 28.4 Å². The number of fused-ring (bicyclic) bond motifs is 1. The van der Waals surface area contributed by atoms with Gasteiger partial charge in [-0.1, -0.05) is 6.07 Å². The van der Waals surface area contributed by atoms with Crippen LogP contribution in [0.3, 0.4) is 0 Å². The third-order valence-electron chi connectivity index (χ3n) is 6.38. The predicted octanol–water partition coefficient (Wildman–Crippen LogP) is 3.04. The number of methoxy groups -OCH3 is 4. The van der Waals surface area contributed by atoms with Gasteiger partial charge in [0.25, 0.3) is 5.91 Å². The second-order valence-electron chi connectivity index (χ2n) is 8.23. The van der Waals surface area contributed by atoms with E-state index in [2.05, 4.69) is 0 Å². The van der Waals surface area contributed by atoms with E-state index in [1.54, 1.807) is 24.1 Å². The Balaban J connectivity index is 1.43. The van der Waals surface area contributed by atoms with E-state index < -0.39 is 0 Å². The van der Waals surface area contributed by atoms with E-state index in [0.717, 1.165) is 23.3 Å². The lowest BCUT2D eigenvalue weighted by atomic mass is 9.91. The summed E-state index contributed by atoms with van der Waals surface area (Å²) in [6.07, 6.45) is 3.49. The number of ether oxygens (including phenoxy) is 4. The number of hydrogen-bond donors (Lipinski definition) is 0. The summed E-state index contributed by atoms with van der Waals surface area (Å²) in [5.41, 5.74) is 3.52. The maximum Gasteiger partial charge on any atom is 0.254 e. The summed E-state index contributed by atoms with van der Waals surface area (Å²) >= 11 is 0. The highest BCUT2D eigenvalue weighted by molar-refractivity contribution is 5.99. The molecule has 180 valence electrons. The Morgan fingerprint density at radius 1 is 0.735 bits per heavy atom. The summed E-state index contributed by atoms with van der Waals surface area (Å²) < 4.78 is 21.4. The fourth-order valence-electron chi connectivity index (χ4n) is 4.47. The second-order valence-corrected chi connectivity index (χ2v) is 8.23. The molecule has 0 bridgehead atoms. The van der Waals surface area contributed by atoms with Crippen LogP contribution in [0.15, 0.2) is 35.9 Å². The Labute approximate surface area is 199 Å². The molecule has 2 aromatic rings. The SMILES string of the molecule is COc1ccc2c(c1)CCC(C(=O)N1CCN(C(=O)c3cc(OC)c(OC)c(OC)c3)CC1)=C2. The third-order valence-corrected chi connectivity index (χ3v) is 6.38. The molecule has 0 N–H and O–H groups in total. The molecule has 2 amide bonds. The number of benzene rings is 2. The van der Waals surface area contributed by atoms with Crippen LogP contribution in [0.1, 0.15) is 27.9 Å². The van der Waals surface area contributed by atoms with Crippen LogP contribution < -0.4 is 18.9 Å². The Morgan fingerprint density at radius 3 is 1.91 bits per heavy atom. The van der Waals surface area contributed by atoms with Crippen molar-refractivity contribution in [3.8, 4) is 23.0 Å². The highest BCUT2D eigenvalue weighted by atomic mass is 16.5. The minimum atomic E-state index is -0.133. The zero-order valence-corrected chi connectivity index (χ0v) is 20.1. The zero-order valence-electron chi connectivity index (χ0n) is 20.1. The van der Waals surface area contributed by atoms with Gasteiger partial charge in [-0.25, -0.2) is 0 Å². The molecular formula is C26H30N2O6. The smallest absolute Gasteiger partial charge is 0.254 e. The number of carbonyl (C=O) groups excluding carboxylic acids is 2. The van der Waals surface area contributed by atoms with Crippen molar-refractivity contribution in [1.82, 2.24) is 9.80 Å². The fraction of sp³-hybridized carbons (Fsp3) is 0.385. The number of rotatable bonds is 6. The lowest BCUT2D eigenvalue weighted by Crippen LogP contribution is -2.51. The molecule has 8 nitrogen and oxygen atoms in total. The van der Waals surface area contributed by atoms with Crippen LogP contribution in [0.5, 0.6) is 23.0 Å². The van der Waals surface area contributed by atoms with Crippen molar-refractivity contribution >= 4 is 17.9 Å². The molecule has 0 saturated carbocycles. The van der Waals surface area contributed by atoms with Gasteiger partial charge in [0.1, 0.15) is 5.75 Å². The summed E-state index contributed by atoms with van der Waals surface area (Å²) in [5, 5.41) is 0. The Bertz CT molecular complexity index is 1090. The molecule has 0 unspecified atom stereocenters. The molecule has 34 heavy (non-hydrogen) atoms. The molecule has 2 aliphatic rings.